The van der Waals surface area contributed by atoms with Gasteiger partial charge in [0.25, 0.3) is 0 Å². The lowest BCUT2D eigenvalue weighted by molar-refractivity contribution is -0.137. The smallest absolute Gasteiger partial charge is 0.226 e. The van der Waals surface area contributed by atoms with E-state index in [1.165, 1.54) is 5.56 Å². The molecule has 0 bridgehead atoms. The highest BCUT2D eigenvalue weighted by Gasteiger charge is 2.30. The van der Waals surface area contributed by atoms with E-state index in [-0.39, 0.29) is 24.2 Å². The molecule has 33 heavy (non-hydrogen) atoms. The van der Waals surface area contributed by atoms with Gasteiger partial charge in [0.1, 0.15) is 5.75 Å². The van der Waals surface area contributed by atoms with Gasteiger partial charge in [-0.15, -0.1) is 0 Å². The SMILES string of the molecule is Cc1ccc(CN(C)C(=O)CCC2CCN(C(=O)CCOc3ccc(C)cc3)CC2O)cc1. The molecule has 1 heterocycles. The maximum absolute atomic E-state index is 12.6. The van der Waals surface area contributed by atoms with E-state index >= 15 is 0 Å². The van der Waals surface area contributed by atoms with Gasteiger partial charge in [0.05, 0.1) is 19.1 Å². The molecule has 2 aromatic rings. The molecule has 6 nitrogen and oxygen atoms in total. The molecule has 0 saturated carbocycles. The zero-order valence-corrected chi connectivity index (χ0v) is 20.0. The highest BCUT2D eigenvalue weighted by atomic mass is 16.5. The van der Waals surface area contributed by atoms with Crippen molar-refractivity contribution >= 4 is 11.8 Å². The standard InChI is InChI=1S/C27H36N2O4/c1-20-4-8-22(9-5-20)18-28(3)26(31)13-10-23-14-16-29(19-25(23)30)27(32)15-17-33-24-11-6-21(2)7-12-24/h4-9,11-12,23,25,30H,10,13-19H2,1-3H3. The third-order valence-corrected chi connectivity index (χ3v) is 6.37. The predicted molar refractivity (Wildman–Crippen MR) is 129 cm³/mol. The summed E-state index contributed by atoms with van der Waals surface area (Å²) in [6.07, 6.45) is 1.43. The number of nitrogens with zero attached hydrogens (tertiary/aromatic N) is 2. The molecule has 2 aromatic carbocycles. The maximum Gasteiger partial charge on any atom is 0.226 e. The minimum atomic E-state index is -0.601. The van der Waals surface area contributed by atoms with E-state index in [9.17, 15) is 14.7 Å². The van der Waals surface area contributed by atoms with E-state index in [1.54, 1.807) is 9.80 Å². The second kappa shape index (κ2) is 11.8. The van der Waals surface area contributed by atoms with Gasteiger partial charge in [0.15, 0.2) is 0 Å². The first-order valence-corrected chi connectivity index (χ1v) is 11.8. The maximum atomic E-state index is 12.6. The molecule has 1 aliphatic rings. The van der Waals surface area contributed by atoms with Crippen LogP contribution in [0, 0.1) is 19.8 Å². The third kappa shape index (κ3) is 7.60. The molecule has 0 aliphatic carbocycles. The number of rotatable bonds is 9. The summed E-state index contributed by atoms with van der Waals surface area (Å²) in [5.41, 5.74) is 3.47. The van der Waals surface area contributed by atoms with Gasteiger partial charge >= 0.3 is 0 Å². The van der Waals surface area contributed by atoms with Gasteiger partial charge in [0.2, 0.25) is 11.8 Å². The van der Waals surface area contributed by atoms with Crippen molar-refractivity contribution in [3.8, 4) is 5.75 Å². The number of amides is 2. The van der Waals surface area contributed by atoms with E-state index in [1.807, 2.05) is 69.4 Å². The summed E-state index contributed by atoms with van der Waals surface area (Å²) in [4.78, 5) is 28.5. The van der Waals surface area contributed by atoms with Gasteiger partial charge in [-0.3, -0.25) is 9.59 Å². The molecule has 2 amide bonds. The first kappa shape index (κ1) is 24.8. The molecule has 1 fully saturated rings. The van der Waals surface area contributed by atoms with E-state index in [2.05, 4.69) is 0 Å². The van der Waals surface area contributed by atoms with Crippen LogP contribution in [0.1, 0.15) is 42.4 Å². The number of likely N-dealkylation sites (tertiary alicyclic amines) is 1. The molecule has 1 aliphatic heterocycles. The van der Waals surface area contributed by atoms with Crippen LogP contribution >= 0.6 is 0 Å². The van der Waals surface area contributed by atoms with Crippen LogP contribution in [0.4, 0.5) is 0 Å². The molecule has 2 atom stereocenters. The Labute approximate surface area is 197 Å². The number of aliphatic hydroxyl groups is 1. The Morgan fingerprint density at radius 3 is 2.30 bits per heavy atom. The summed E-state index contributed by atoms with van der Waals surface area (Å²) in [6.45, 7) is 5.89. The number of piperidine rings is 1. The molecular weight excluding hydrogens is 416 g/mol. The quantitative estimate of drug-likeness (QED) is 0.630. The summed E-state index contributed by atoms with van der Waals surface area (Å²) < 4.78 is 5.65. The first-order chi connectivity index (χ1) is 15.8. The molecule has 178 valence electrons. The van der Waals surface area contributed by atoms with Gasteiger partial charge < -0.3 is 19.6 Å². The molecule has 3 rings (SSSR count). The number of ether oxygens (including phenoxy) is 1. The number of carbonyl (C=O) groups excluding carboxylic acids is 2. The van der Waals surface area contributed by atoms with Crippen molar-refractivity contribution in [1.82, 2.24) is 9.80 Å². The Kier molecular flexibility index (Phi) is 8.89. The van der Waals surface area contributed by atoms with Crippen molar-refractivity contribution in [2.24, 2.45) is 5.92 Å². The van der Waals surface area contributed by atoms with Crippen LogP contribution in [0.5, 0.6) is 5.75 Å². The monoisotopic (exact) mass is 452 g/mol. The zero-order chi connectivity index (χ0) is 23.8. The van der Waals surface area contributed by atoms with Crippen LogP contribution in [0.2, 0.25) is 0 Å². The summed E-state index contributed by atoms with van der Waals surface area (Å²) in [5, 5.41) is 10.6. The Bertz CT molecular complexity index is 911. The highest BCUT2D eigenvalue weighted by molar-refractivity contribution is 5.77. The number of hydrogen-bond donors (Lipinski definition) is 1. The molecule has 6 heteroatoms. The molecule has 1 saturated heterocycles. The minimum absolute atomic E-state index is 0.00600. The third-order valence-electron chi connectivity index (χ3n) is 6.37. The Morgan fingerprint density at radius 2 is 1.67 bits per heavy atom. The van der Waals surface area contributed by atoms with Gasteiger partial charge in [-0.1, -0.05) is 47.5 Å². The Morgan fingerprint density at radius 1 is 1.03 bits per heavy atom. The van der Waals surface area contributed by atoms with Crippen molar-refractivity contribution in [2.75, 3.05) is 26.7 Å². The Balaban J connectivity index is 1.36. The average Bonchev–Trinajstić information content (AvgIpc) is 2.80. The first-order valence-electron chi connectivity index (χ1n) is 11.8. The second-order valence-electron chi connectivity index (χ2n) is 9.14. The van der Waals surface area contributed by atoms with Crippen LogP contribution in [-0.4, -0.2) is 59.6 Å². The van der Waals surface area contributed by atoms with Gasteiger partial charge in [-0.25, -0.2) is 0 Å². The summed E-state index contributed by atoms with van der Waals surface area (Å²) in [6, 6.07) is 15.9. The van der Waals surface area contributed by atoms with E-state index < -0.39 is 6.10 Å². The lowest BCUT2D eigenvalue weighted by atomic mass is 9.89. The van der Waals surface area contributed by atoms with Crippen molar-refractivity contribution in [3.63, 3.8) is 0 Å². The van der Waals surface area contributed by atoms with E-state index in [0.717, 1.165) is 16.9 Å². The normalized spacial score (nSPS) is 18.1. The highest BCUT2D eigenvalue weighted by Crippen LogP contribution is 2.24. The molecule has 2 unspecified atom stereocenters. The number of benzene rings is 2. The van der Waals surface area contributed by atoms with Crippen molar-refractivity contribution in [2.45, 2.75) is 52.2 Å². The number of hydrogen-bond acceptors (Lipinski definition) is 4. The predicted octanol–water partition coefficient (Wildman–Crippen LogP) is 3.72. The fraction of sp³-hybridized carbons (Fsp3) is 0.481. The average molecular weight is 453 g/mol. The van der Waals surface area contributed by atoms with Crippen LogP contribution < -0.4 is 4.74 Å². The molecule has 0 spiro atoms. The summed E-state index contributed by atoms with van der Waals surface area (Å²) >= 11 is 0. The molecule has 1 N–H and O–H groups in total. The van der Waals surface area contributed by atoms with Crippen molar-refractivity contribution in [1.29, 1.82) is 0 Å². The summed E-state index contributed by atoms with van der Waals surface area (Å²) in [7, 11) is 1.82. The zero-order valence-electron chi connectivity index (χ0n) is 20.0. The topological polar surface area (TPSA) is 70.1 Å². The molecular formula is C27H36N2O4. The number of aliphatic hydroxyl groups excluding tert-OH is 1. The minimum Gasteiger partial charge on any atom is -0.493 e. The summed E-state index contributed by atoms with van der Waals surface area (Å²) in [5.74, 6) is 0.863. The van der Waals surface area contributed by atoms with Gasteiger partial charge in [0, 0.05) is 33.1 Å². The number of carbonyl (C=O) groups is 2. The van der Waals surface area contributed by atoms with Gasteiger partial charge in [-0.05, 0) is 50.3 Å². The van der Waals surface area contributed by atoms with Crippen molar-refractivity contribution < 1.29 is 19.4 Å². The van der Waals surface area contributed by atoms with Crippen LogP contribution in [0.25, 0.3) is 0 Å². The Hall–Kier alpha value is -2.86. The molecule has 0 aromatic heterocycles. The van der Waals surface area contributed by atoms with Gasteiger partial charge in [-0.2, -0.15) is 0 Å². The fourth-order valence-corrected chi connectivity index (χ4v) is 4.15. The van der Waals surface area contributed by atoms with Crippen LogP contribution in [-0.2, 0) is 16.1 Å². The number of aryl methyl sites for hydroxylation is 2. The van der Waals surface area contributed by atoms with E-state index in [4.69, 9.17) is 4.74 Å². The fourth-order valence-electron chi connectivity index (χ4n) is 4.15. The number of β-amino-alcohol motifs (C(OH)–C–C–N with tert-alkyl or cyclic N) is 1. The van der Waals surface area contributed by atoms with Crippen LogP contribution in [0.3, 0.4) is 0 Å². The second-order valence-corrected chi connectivity index (χ2v) is 9.14. The molecule has 0 radical (unpaired) electrons. The largest absolute Gasteiger partial charge is 0.493 e. The lowest BCUT2D eigenvalue weighted by Gasteiger charge is -2.36. The van der Waals surface area contributed by atoms with Crippen molar-refractivity contribution in [3.05, 3.63) is 65.2 Å². The van der Waals surface area contributed by atoms with E-state index in [0.29, 0.717) is 45.5 Å². The van der Waals surface area contributed by atoms with Crippen LogP contribution in [0.15, 0.2) is 48.5 Å². The lowest BCUT2D eigenvalue weighted by Crippen LogP contribution is -2.47.